The molecule has 0 amide bonds. The van der Waals surface area contributed by atoms with Gasteiger partial charge in [-0.25, -0.2) is 21.9 Å². The van der Waals surface area contributed by atoms with Gasteiger partial charge in [-0.2, -0.15) is 8.78 Å². The molecule has 0 aliphatic rings. The Bertz CT molecular complexity index is 549. The molecule has 1 rings (SSSR count). The second-order valence-corrected chi connectivity index (χ2v) is 5.76. The van der Waals surface area contributed by atoms with Gasteiger partial charge in [0.1, 0.15) is 0 Å². The monoisotopic (exact) mass is 314 g/mol. The first kappa shape index (κ1) is 16.9. The van der Waals surface area contributed by atoms with E-state index in [1.54, 1.807) is 13.1 Å². The van der Waals surface area contributed by atoms with Gasteiger partial charge in [0.2, 0.25) is 10.0 Å². The summed E-state index contributed by atoms with van der Waals surface area (Å²) in [6, 6.07) is 5.71. The summed E-state index contributed by atoms with van der Waals surface area (Å²) in [7, 11) is -2.70. The minimum absolute atomic E-state index is 0.197. The second kappa shape index (κ2) is 6.51. The highest BCUT2D eigenvalue weighted by Crippen LogP contribution is 2.23. The van der Waals surface area contributed by atoms with Crippen molar-refractivity contribution < 1.29 is 26.0 Å². The van der Waals surface area contributed by atoms with E-state index in [-0.39, 0.29) is 11.4 Å². The number of sulfonamides is 1. The van der Waals surface area contributed by atoms with E-state index in [9.17, 15) is 26.0 Å². The Hall–Kier alpha value is -1.19. The summed E-state index contributed by atoms with van der Waals surface area (Å²) >= 11 is 0. The number of nitrogens with one attached hydrogen (secondary N) is 2. The Balaban J connectivity index is 2.95. The zero-order valence-corrected chi connectivity index (χ0v) is 11.4. The van der Waals surface area contributed by atoms with Crippen LogP contribution in [0.25, 0.3) is 0 Å². The van der Waals surface area contributed by atoms with Crippen LogP contribution in [-0.2, 0) is 16.6 Å². The Morgan fingerprint density at radius 1 is 1.25 bits per heavy atom. The number of benzene rings is 1. The molecule has 0 saturated carbocycles. The van der Waals surface area contributed by atoms with E-state index in [0.29, 0.717) is 5.56 Å². The molecule has 0 saturated heterocycles. The van der Waals surface area contributed by atoms with Crippen molar-refractivity contribution in [2.75, 3.05) is 13.6 Å². The van der Waals surface area contributed by atoms with Crippen molar-refractivity contribution in [3.05, 3.63) is 29.8 Å². The Labute approximate surface area is 114 Å². The third-order valence-electron chi connectivity index (χ3n) is 2.45. The predicted octanol–water partition coefficient (Wildman–Crippen LogP) is 1.58. The molecule has 0 heterocycles. The molecule has 0 aliphatic heterocycles. The lowest BCUT2D eigenvalue weighted by Gasteiger charge is -2.17. The van der Waals surface area contributed by atoms with E-state index in [0.717, 1.165) is 0 Å². The van der Waals surface area contributed by atoms with Crippen molar-refractivity contribution in [3.8, 4) is 0 Å². The minimum Gasteiger partial charge on any atom is -0.316 e. The average Bonchev–Trinajstić information content (AvgIpc) is 2.37. The first-order valence-electron chi connectivity index (χ1n) is 5.59. The van der Waals surface area contributed by atoms with Crippen LogP contribution in [0.3, 0.4) is 0 Å². The van der Waals surface area contributed by atoms with E-state index < -0.39 is 28.9 Å². The van der Waals surface area contributed by atoms with Crippen LogP contribution in [0.5, 0.6) is 0 Å². The molecule has 0 radical (unpaired) electrons. The van der Waals surface area contributed by atoms with Gasteiger partial charge in [0.05, 0.1) is 11.4 Å². The maximum absolute atomic E-state index is 12.8. The van der Waals surface area contributed by atoms with Crippen LogP contribution < -0.4 is 10.0 Å². The molecule has 1 aromatic rings. The van der Waals surface area contributed by atoms with Crippen LogP contribution in [0.15, 0.2) is 29.2 Å². The standard InChI is InChI=1S/C11H14F4N2O2S/c1-16-6-8-4-2-3-5-9(8)20(18,19)17-7-11(14,15)10(12)13/h2-5,10,16-17H,6-7H2,1H3. The van der Waals surface area contributed by atoms with Crippen LogP contribution in [0.1, 0.15) is 5.56 Å². The van der Waals surface area contributed by atoms with E-state index in [4.69, 9.17) is 0 Å². The molecule has 0 aromatic heterocycles. The molecule has 0 unspecified atom stereocenters. The van der Waals surface area contributed by atoms with E-state index >= 15 is 0 Å². The summed E-state index contributed by atoms with van der Waals surface area (Å²) in [6.07, 6.45) is -3.93. The maximum Gasteiger partial charge on any atom is 0.320 e. The molecular weight excluding hydrogens is 300 g/mol. The Morgan fingerprint density at radius 2 is 1.85 bits per heavy atom. The van der Waals surface area contributed by atoms with Crippen molar-refractivity contribution in [3.63, 3.8) is 0 Å². The molecule has 114 valence electrons. The SMILES string of the molecule is CNCc1ccccc1S(=O)(=O)NCC(F)(F)C(F)F. The summed E-state index contributed by atoms with van der Waals surface area (Å²) < 4.78 is 74.8. The number of rotatable bonds is 7. The zero-order valence-electron chi connectivity index (χ0n) is 10.5. The van der Waals surface area contributed by atoms with Crippen LogP contribution in [0.4, 0.5) is 17.6 Å². The maximum atomic E-state index is 12.8. The Kier molecular flexibility index (Phi) is 5.49. The molecule has 0 spiro atoms. The molecule has 20 heavy (non-hydrogen) atoms. The topological polar surface area (TPSA) is 58.2 Å². The number of hydrogen-bond acceptors (Lipinski definition) is 3. The Morgan fingerprint density at radius 3 is 2.40 bits per heavy atom. The van der Waals surface area contributed by atoms with Crippen LogP contribution in [0, 0.1) is 0 Å². The lowest BCUT2D eigenvalue weighted by atomic mass is 10.2. The number of hydrogen-bond donors (Lipinski definition) is 2. The van der Waals surface area contributed by atoms with Gasteiger partial charge in [-0.1, -0.05) is 18.2 Å². The fourth-order valence-electron chi connectivity index (χ4n) is 1.45. The highest BCUT2D eigenvalue weighted by molar-refractivity contribution is 7.89. The molecule has 0 bridgehead atoms. The molecule has 4 nitrogen and oxygen atoms in total. The largest absolute Gasteiger partial charge is 0.320 e. The molecule has 9 heteroatoms. The summed E-state index contributed by atoms with van der Waals surface area (Å²) in [6.45, 7) is -1.46. The summed E-state index contributed by atoms with van der Waals surface area (Å²) in [5.74, 6) is -4.41. The van der Waals surface area contributed by atoms with Gasteiger partial charge in [0, 0.05) is 6.54 Å². The predicted molar refractivity (Wildman–Crippen MR) is 65.3 cm³/mol. The zero-order chi connectivity index (χ0) is 15.4. The quantitative estimate of drug-likeness (QED) is 0.751. The first-order chi connectivity index (χ1) is 9.20. The van der Waals surface area contributed by atoms with Gasteiger partial charge < -0.3 is 5.32 Å². The number of alkyl halides is 4. The number of halogens is 4. The fraction of sp³-hybridized carbons (Fsp3) is 0.455. The molecule has 0 aliphatic carbocycles. The van der Waals surface area contributed by atoms with Crippen LogP contribution >= 0.6 is 0 Å². The van der Waals surface area contributed by atoms with Gasteiger partial charge in [-0.15, -0.1) is 0 Å². The molecule has 0 atom stereocenters. The summed E-state index contributed by atoms with van der Waals surface area (Å²) in [5.41, 5.74) is 0.350. The normalized spacial score (nSPS) is 12.9. The molecule has 0 fully saturated rings. The van der Waals surface area contributed by atoms with Gasteiger partial charge >= 0.3 is 12.3 Å². The van der Waals surface area contributed by atoms with Crippen molar-refractivity contribution in [1.29, 1.82) is 0 Å². The highest BCUT2D eigenvalue weighted by Gasteiger charge is 2.41. The van der Waals surface area contributed by atoms with Gasteiger partial charge in [0.15, 0.2) is 0 Å². The lowest BCUT2D eigenvalue weighted by molar-refractivity contribution is -0.122. The highest BCUT2D eigenvalue weighted by atomic mass is 32.2. The third-order valence-corrected chi connectivity index (χ3v) is 3.95. The molecule has 1 aromatic carbocycles. The van der Waals surface area contributed by atoms with Crippen molar-refractivity contribution in [2.24, 2.45) is 0 Å². The fourth-order valence-corrected chi connectivity index (χ4v) is 2.73. The van der Waals surface area contributed by atoms with Gasteiger partial charge in [-0.3, -0.25) is 0 Å². The third kappa shape index (κ3) is 4.15. The van der Waals surface area contributed by atoms with Crippen molar-refractivity contribution in [1.82, 2.24) is 10.0 Å². The van der Waals surface area contributed by atoms with E-state index in [1.165, 1.54) is 22.9 Å². The van der Waals surface area contributed by atoms with E-state index in [2.05, 4.69) is 5.32 Å². The summed E-state index contributed by atoms with van der Waals surface area (Å²) in [4.78, 5) is -0.223. The minimum atomic E-state index is -4.41. The lowest BCUT2D eigenvalue weighted by Crippen LogP contribution is -2.41. The van der Waals surface area contributed by atoms with Crippen molar-refractivity contribution >= 4 is 10.0 Å². The van der Waals surface area contributed by atoms with Gasteiger partial charge in [-0.05, 0) is 18.7 Å². The first-order valence-corrected chi connectivity index (χ1v) is 7.07. The molecule has 2 N–H and O–H groups in total. The van der Waals surface area contributed by atoms with Gasteiger partial charge in [0.25, 0.3) is 0 Å². The van der Waals surface area contributed by atoms with Crippen LogP contribution in [0.2, 0.25) is 0 Å². The van der Waals surface area contributed by atoms with E-state index in [1.807, 2.05) is 0 Å². The van der Waals surface area contributed by atoms with Crippen molar-refractivity contribution in [2.45, 2.75) is 23.8 Å². The smallest absolute Gasteiger partial charge is 0.316 e. The average molecular weight is 314 g/mol. The second-order valence-electron chi connectivity index (χ2n) is 4.02. The van der Waals surface area contributed by atoms with Crippen LogP contribution in [-0.4, -0.2) is 34.4 Å². The molecular formula is C11H14F4N2O2S. The summed E-state index contributed by atoms with van der Waals surface area (Å²) in [5, 5.41) is 2.73.